The van der Waals surface area contributed by atoms with Gasteiger partial charge in [0, 0.05) is 23.2 Å². The van der Waals surface area contributed by atoms with E-state index >= 15 is 0 Å². The lowest BCUT2D eigenvalue weighted by Gasteiger charge is -2.18. The number of carbonyl (C=O) groups is 1. The Morgan fingerprint density at radius 2 is 1.93 bits per heavy atom. The van der Waals surface area contributed by atoms with Crippen LogP contribution in [0.1, 0.15) is 11.3 Å². The topological polar surface area (TPSA) is 50.2 Å². The normalized spacial score (nSPS) is 11.1. The number of amides is 1. The van der Waals surface area contributed by atoms with Crippen LogP contribution < -0.4 is 5.32 Å². The number of anilines is 1. The molecule has 1 N–H and O–H groups in total. The Kier molecular flexibility index (Phi) is 6.06. The van der Waals surface area contributed by atoms with Gasteiger partial charge in [0.1, 0.15) is 17.5 Å². The largest absolute Gasteiger partial charge is 0.309 e. The van der Waals surface area contributed by atoms with Gasteiger partial charge < -0.3 is 5.32 Å². The molecule has 28 heavy (non-hydrogen) atoms. The highest BCUT2D eigenvalue weighted by molar-refractivity contribution is 6.31. The van der Waals surface area contributed by atoms with Gasteiger partial charge in [-0.25, -0.2) is 13.5 Å². The molecule has 5 nitrogen and oxygen atoms in total. The van der Waals surface area contributed by atoms with Crippen LogP contribution in [-0.4, -0.2) is 34.2 Å². The maximum absolute atomic E-state index is 13.9. The molecular weight excluding hydrogens is 386 g/mol. The van der Waals surface area contributed by atoms with Gasteiger partial charge in [0.15, 0.2) is 0 Å². The third-order valence-electron chi connectivity index (χ3n) is 4.07. The highest BCUT2D eigenvalue weighted by atomic mass is 35.5. The van der Waals surface area contributed by atoms with E-state index in [9.17, 15) is 13.6 Å². The van der Waals surface area contributed by atoms with Crippen LogP contribution >= 0.6 is 11.6 Å². The molecule has 3 aromatic rings. The summed E-state index contributed by atoms with van der Waals surface area (Å²) in [6.45, 7) is 2.01. The summed E-state index contributed by atoms with van der Waals surface area (Å²) in [6, 6.07) is 12.0. The van der Waals surface area contributed by atoms with Gasteiger partial charge in [0.2, 0.25) is 5.91 Å². The van der Waals surface area contributed by atoms with Gasteiger partial charge >= 0.3 is 0 Å². The Morgan fingerprint density at radius 1 is 1.21 bits per heavy atom. The molecule has 146 valence electrons. The molecule has 1 amide bonds. The van der Waals surface area contributed by atoms with Crippen molar-refractivity contribution in [3.05, 3.63) is 76.4 Å². The maximum Gasteiger partial charge on any atom is 0.239 e. The van der Waals surface area contributed by atoms with Crippen LogP contribution in [0.5, 0.6) is 0 Å². The molecule has 1 heterocycles. The number of halogens is 3. The molecule has 0 aliphatic heterocycles. The second-order valence-corrected chi connectivity index (χ2v) is 6.89. The average molecular weight is 405 g/mol. The van der Waals surface area contributed by atoms with Crippen LogP contribution in [0, 0.1) is 18.6 Å². The first kappa shape index (κ1) is 20.0. The van der Waals surface area contributed by atoms with E-state index in [1.807, 2.05) is 0 Å². The maximum atomic E-state index is 13.9. The van der Waals surface area contributed by atoms with Gasteiger partial charge in [0.05, 0.1) is 17.9 Å². The van der Waals surface area contributed by atoms with Crippen LogP contribution in [0.3, 0.4) is 0 Å². The highest BCUT2D eigenvalue weighted by Crippen LogP contribution is 2.21. The van der Waals surface area contributed by atoms with E-state index in [0.717, 1.165) is 0 Å². The first-order valence-electron chi connectivity index (χ1n) is 8.57. The summed E-state index contributed by atoms with van der Waals surface area (Å²) in [7, 11) is 1.70. The van der Waals surface area contributed by atoms with Crippen LogP contribution in [0.4, 0.5) is 14.6 Å². The van der Waals surface area contributed by atoms with Gasteiger partial charge in [0.25, 0.3) is 0 Å². The zero-order valence-corrected chi connectivity index (χ0v) is 16.2. The fourth-order valence-electron chi connectivity index (χ4n) is 2.80. The van der Waals surface area contributed by atoms with Crippen LogP contribution in [0.2, 0.25) is 5.02 Å². The van der Waals surface area contributed by atoms with Crippen molar-refractivity contribution in [1.82, 2.24) is 14.7 Å². The molecule has 0 saturated carbocycles. The number of rotatable bonds is 6. The Labute approximate surface area is 166 Å². The molecule has 0 radical (unpaired) electrons. The predicted molar refractivity (Wildman–Crippen MR) is 105 cm³/mol. The van der Waals surface area contributed by atoms with Gasteiger partial charge in [-0.1, -0.05) is 17.7 Å². The third-order valence-corrected chi connectivity index (χ3v) is 4.43. The molecule has 0 atom stereocenters. The number of hydrogen-bond acceptors (Lipinski definition) is 3. The van der Waals surface area contributed by atoms with Crippen LogP contribution in [-0.2, 0) is 11.3 Å². The molecule has 8 heteroatoms. The molecule has 3 rings (SSSR count). The average Bonchev–Trinajstić information content (AvgIpc) is 2.99. The summed E-state index contributed by atoms with van der Waals surface area (Å²) >= 11 is 6.04. The molecule has 0 aliphatic rings. The fraction of sp³-hybridized carbons (Fsp3) is 0.200. The Hall–Kier alpha value is -2.77. The third kappa shape index (κ3) is 4.74. The molecule has 1 aromatic heterocycles. The summed E-state index contributed by atoms with van der Waals surface area (Å²) in [5, 5.41) is 7.44. The van der Waals surface area contributed by atoms with E-state index in [0.29, 0.717) is 27.8 Å². The minimum atomic E-state index is -0.412. The van der Waals surface area contributed by atoms with Gasteiger partial charge in [-0.3, -0.25) is 9.69 Å². The summed E-state index contributed by atoms with van der Waals surface area (Å²) in [5.41, 5.74) is 1.66. The van der Waals surface area contributed by atoms with Gasteiger partial charge in [-0.15, -0.1) is 0 Å². The Bertz CT molecular complexity index is 968. The van der Waals surface area contributed by atoms with Gasteiger partial charge in [-0.2, -0.15) is 5.10 Å². The van der Waals surface area contributed by atoms with Crippen LogP contribution in [0.25, 0.3) is 5.69 Å². The number of likely N-dealkylation sites (N-methyl/N-ethyl adjacent to an activating group) is 1. The van der Waals surface area contributed by atoms with Crippen molar-refractivity contribution in [3.63, 3.8) is 0 Å². The number of carbonyl (C=O) groups excluding carboxylic acids is 1. The zero-order chi connectivity index (χ0) is 20.3. The Morgan fingerprint density at radius 3 is 2.61 bits per heavy atom. The summed E-state index contributed by atoms with van der Waals surface area (Å²) in [4.78, 5) is 14.1. The second kappa shape index (κ2) is 8.50. The van der Waals surface area contributed by atoms with Crippen molar-refractivity contribution < 1.29 is 13.6 Å². The number of benzene rings is 2. The van der Waals surface area contributed by atoms with Crippen molar-refractivity contribution in [3.8, 4) is 5.69 Å². The molecule has 2 aromatic carbocycles. The number of aromatic nitrogens is 2. The summed E-state index contributed by atoms with van der Waals surface area (Å²) in [5.74, 6) is -0.596. The number of aryl methyl sites for hydroxylation is 1. The van der Waals surface area contributed by atoms with Crippen molar-refractivity contribution in [2.45, 2.75) is 13.5 Å². The van der Waals surface area contributed by atoms with Crippen molar-refractivity contribution >= 4 is 23.3 Å². The molecule has 0 spiro atoms. The fourth-order valence-corrected chi connectivity index (χ4v) is 3.03. The molecule has 0 bridgehead atoms. The molecule has 0 saturated heterocycles. The number of nitrogens with zero attached hydrogens (tertiary/aromatic N) is 3. The highest BCUT2D eigenvalue weighted by Gasteiger charge is 2.15. The standard InChI is InChI=1S/C20H19ClF2N4O/c1-13-10-19(27(25-13)15-8-6-14(22)7-9-15)24-20(28)12-26(2)11-16-17(21)4-3-5-18(16)23/h3-10H,11-12H2,1-2H3,(H,24,28). The van der Waals surface area contributed by atoms with E-state index in [1.54, 1.807) is 43.1 Å². The summed E-state index contributed by atoms with van der Waals surface area (Å²) in [6.07, 6.45) is 0. The van der Waals surface area contributed by atoms with Crippen molar-refractivity contribution in [2.75, 3.05) is 18.9 Å². The molecule has 0 fully saturated rings. The molecule has 0 unspecified atom stereocenters. The van der Waals surface area contributed by atoms with E-state index in [-0.39, 0.29) is 24.8 Å². The first-order chi connectivity index (χ1) is 13.3. The lowest BCUT2D eigenvalue weighted by Crippen LogP contribution is -2.30. The smallest absolute Gasteiger partial charge is 0.239 e. The minimum Gasteiger partial charge on any atom is -0.309 e. The SMILES string of the molecule is Cc1cc(NC(=O)CN(C)Cc2c(F)cccc2Cl)n(-c2ccc(F)cc2)n1. The van der Waals surface area contributed by atoms with E-state index in [1.165, 1.54) is 28.9 Å². The van der Waals surface area contributed by atoms with Gasteiger partial charge in [-0.05, 0) is 50.4 Å². The van der Waals surface area contributed by atoms with E-state index < -0.39 is 5.82 Å². The van der Waals surface area contributed by atoms with E-state index in [4.69, 9.17) is 11.6 Å². The second-order valence-electron chi connectivity index (χ2n) is 6.48. The number of nitrogens with one attached hydrogen (secondary N) is 1. The Balaban J connectivity index is 1.69. The lowest BCUT2D eigenvalue weighted by molar-refractivity contribution is -0.117. The lowest BCUT2D eigenvalue weighted by atomic mass is 10.2. The first-order valence-corrected chi connectivity index (χ1v) is 8.95. The number of hydrogen-bond donors (Lipinski definition) is 1. The monoisotopic (exact) mass is 404 g/mol. The molecular formula is C20H19ClF2N4O. The predicted octanol–water partition coefficient (Wildman–Crippen LogP) is 4.18. The van der Waals surface area contributed by atoms with Crippen LogP contribution in [0.15, 0.2) is 48.5 Å². The zero-order valence-electron chi connectivity index (χ0n) is 15.4. The van der Waals surface area contributed by atoms with E-state index in [2.05, 4.69) is 10.4 Å². The minimum absolute atomic E-state index is 0.0261. The van der Waals surface area contributed by atoms with Crippen molar-refractivity contribution in [1.29, 1.82) is 0 Å². The summed E-state index contributed by atoms with van der Waals surface area (Å²) < 4.78 is 28.6. The molecule has 0 aliphatic carbocycles. The van der Waals surface area contributed by atoms with Crippen molar-refractivity contribution in [2.24, 2.45) is 0 Å². The quantitative estimate of drug-likeness (QED) is 0.670.